The number of aryl methyl sites for hydroxylation is 3. The summed E-state index contributed by atoms with van der Waals surface area (Å²) in [6, 6.07) is 0. The molecule has 86 valence electrons. The molecule has 0 aliphatic carbocycles. The molecule has 0 aliphatic heterocycles. The van der Waals surface area contributed by atoms with Crippen molar-refractivity contribution in [2.45, 2.75) is 34.2 Å². The summed E-state index contributed by atoms with van der Waals surface area (Å²) in [5, 5.41) is 8.41. The Balaban J connectivity index is 2.38. The van der Waals surface area contributed by atoms with Crippen LogP contribution in [0, 0.1) is 27.7 Å². The van der Waals surface area contributed by atoms with E-state index in [4.69, 9.17) is 4.52 Å². The van der Waals surface area contributed by atoms with Crippen LogP contribution in [-0.4, -0.2) is 14.9 Å². The van der Waals surface area contributed by atoms with Gasteiger partial charge in [-0.25, -0.2) is 0 Å². The fourth-order valence-electron chi connectivity index (χ4n) is 1.71. The molecule has 0 fully saturated rings. The fraction of sp³-hybridized carbons (Fsp3) is 0.455. The molecule has 0 N–H and O–H groups in total. The zero-order chi connectivity index (χ0) is 11.9. The van der Waals surface area contributed by atoms with Crippen molar-refractivity contribution in [1.82, 2.24) is 14.9 Å². The van der Waals surface area contributed by atoms with Gasteiger partial charge in [-0.3, -0.25) is 4.68 Å². The molecule has 2 aromatic rings. The van der Waals surface area contributed by atoms with Gasteiger partial charge in [0.2, 0.25) is 0 Å². The van der Waals surface area contributed by atoms with E-state index in [0.29, 0.717) is 6.54 Å². The normalized spacial score (nSPS) is 11.1. The van der Waals surface area contributed by atoms with E-state index in [0.717, 1.165) is 32.9 Å². The lowest BCUT2D eigenvalue weighted by Gasteiger charge is -2.03. The van der Waals surface area contributed by atoms with Crippen LogP contribution in [-0.2, 0) is 6.54 Å². The highest BCUT2D eigenvalue weighted by Gasteiger charge is 2.14. The molecule has 0 unspecified atom stereocenters. The summed E-state index contributed by atoms with van der Waals surface area (Å²) in [6.07, 6.45) is 0. The fourth-order valence-corrected chi connectivity index (χ4v) is 1.99. The first-order chi connectivity index (χ1) is 7.50. The van der Waals surface area contributed by atoms with E-state index < -0.39 is 0 Å². The SMILES string of the molecule is Cc1nn(Cc2c(C)noc2C)c(C)c1Br. The molecule has 0 aromatic carbocycles. The van der Waals surface area contributed by atoms with Crippen LogP contribution in [0.15, 0.2) is 9.00 Å². The highest BCUT2D eigenvalue weighted by Crippen LogP contribution is 2.22. The molecule has 0 bridgehead atoms. The van der Waals surface area contributed by atoms with Gasteiger partial charge in [0.05, 0.1) is 28.1 Å². The largest absolute Gasteiger partial charge is 0.361 e. The maximum Gasteiger partial charge on any atom is 0.138 e. The number of rotatable bonds is 2. The minimum Gasteiger partial charge on any atom is -0.361 e. The summed E-state index contributed by atoms with van der Waals surface area (Å²) in [5.41, 5.74) is 4.17. The van der Waals surface area contributed by atoms with Gasteiger partial charge in [0.15, 0.2) is 0 Å². The van der Waals surface area contributed by atoms with Crippen LogP contribution in [0.3, 0.4) is 0 Å². The van der Waals surface area contributed by atoms with Gasteiger partial charge in [-0.15, -0.1) is 0 Å². The molecule has 0 radical (unpaired) electrons. The van der Waals surface area contributed by atoms with E-state index in [-0.39, 0.29) is 0 Å². The summed E-state index contributed by atoms with van der Waals surface area (Å²) in [7, 11) is 0. The number of hydrogen-bond acceptors (Lipinski definition) is 3. The molecule has 0 amide bonds. The van der Waals surface area contributed by atoms with Gasteiger partial charge in [0.1, 0.15) is 5.76 Å². The van der Waals surface area contributed by atoms with Crippen molar-refractivity contribution < 1.29 is 4.52 Å². The van der Waals surface area contributed by atoms with Gasteiger partial charge < -0.3 is 4.52 Å². The number of halogens is 1. The van der Waals surface area contributed by atoms with Gasteiger partial charge in [0, 0.05) is 5.56 Å². The minimum atomic E-state index is 0.708. The first-order valence-electron chi connectivity index (χ1n) is 5.12. The second-order valence-corrected chi connectivity index (χ2v) is 4.74. The molecule has 5 heteroatoms. The van der Waals surface area contributed by atoms with E-state index in [1.165, 1.54) is 0 Å². The van der Waals surface area contributed by atoms with Gasteiger partial charge in [-0.2, -0.15) is 5.10 Å². The number of hydrogen-bond donors (Lipinski definition) is 0. The lowest BCUT2D eigenvalue weighted by atomic mass is 10.2. The van der Waals surface area contributed by atoms with E-state index in [2.05, 4.69) is 26.2 Å². The lowest BCUT2D eigenvalue weighted by Crippen LogP contribution is -2.05. The number of nitrogens with zero attached hydrogens (tertiary/aromatic N) is 3. The third-order valence-electron chi connectivity index (χ3n) is 2.78. The molecular weight excluding hydrogens is 270 g/mol. The third-order valence-corrected chi connectivity index (χ3v) is 3.93. The molecule has 0 aliphatic rings. The zero-order valence-corrected chi connectivity index (χ0v) is 11.4. The highest BCUT2D eigenvalue weighted by atomic mass is 79.9. The predicted molar refractivity (Wildman–Crippen MR) is 64.5 cm³/mol. The van der Waals surface area contributed by atoms with Crippen LogP contribution in [0.5, 0.6) is 0 Å². The van der Waals surface area contributed by atoms with Crippen molar-refractivity contribution >= 4 is 15.9 Å². The smallest absolute Gasteiger partial charge is 0.138 e. The van der Waals surface area contributed by atoms with Crippen molar-refractivity contribution in [3.8, 4) is 0 Å². The Kier molecular flexibility index (Phi) is 2.88. The van der Waals surface area contributed by atoms with Gasteiger partial charge in [0.25, 0.3) is 0 Å². The average Bonchev–Trinajstić information content (AvgIpc) is 2.67. The monoisotopic (exact) mass is 283 g/mol. The van der Waals surface area contributed by atoms with Crippen LogP contribution >= 0.6 is 15.9 Å². The Morgan fingerprint density at radius 3 is 2.31 bits per heavy atom. The predicted octanol–water partition coefficient (Wildman–Crippen LogP) is 2.92. The first kappa shape index (κ1) is 11.4. The standard InChI is InChI=1S/C11H14BrN3O/c1-6-10(9(4)16-14-6)5-15-8(3)11(12)7(2)13-15/h5H2,1-4H3. The van der Waals surface area contributed by atoms with E-state index in [1.54, 1.807) is 0 Å². The maximum atomic E-state index is 5.14. The zero-order valence-electron chi connectivity index (χ0n) is 9.83. The molecule has 2 heterocycles. The molecule has 0 saturated heterocycles. The van der Waals surface area contributed by atoms with Crippen LogP contribution in [0.25, 0.3) is 0 Å². The van der Waals surface area contributed by atoms with Crippen molar-refractivity contribution in [1.29, 1.82) is 0 Å². The van der Waals surface area contributed by atoms with Crippen LogP contribution < -0.4 is 0 Å². The van der Waals surface area contributed by atoms with Crippen molar-refractivity contribution in [3.05, 3.63) is 32.9 Å². The van der Waals surface area contributed by atoms with E-state index in [9.17, 15) is 0 Å². The Labute approximate surface area is 103 Å². The second kappa shape index (κ2) is 4.05. The molecule has 16 heavy (non-hydrogen) atoms. The van der Waals surface area contributed by atoms with Crippen molar-refractivity contribution in [2.24, 2.45) is 0 Å². The first-order valence-corrected chi connectivity index (χ1v) is 5.91. The topological polar surface area (TPSA) is 43.9 Å². The Morgan fingerprint density at radius 1 is 1.19 bits per heavy atom. The van der Waals surface area contributed by atoms with E-state index >= 15 is 0 Å². The van der Waals surface area contributed by atoms with Crippen LogP contribution in [0.4, 0.5) is 0 Å². The molecule has 2 aromatic heterocycles. The summed E-state index contributed by atoms with van der Waals surface area (Å²) in [4.78, 5) is 0. The third kappa shape index (κ3) is 1.80. The molecule has 2 rings (SSSR count). The van der Waals surface area contributed by atoms with E-state index in [1.807, 2.05) is 32.4 Å². The second-order valence-electron chi connectivity index (χ2n) is 3.95. The van der Waals surface area contributed by atoms with Gasteiger partial charge in [-0.1, -0.05) is 5.16 Å². The summed E-state index contributed by atoms with van der Waals surface area (Å²) in [6.45, 7) is 8.62. The minimum absolute atomic E-state index is 0.708. The Bertz CT molecular complexity index is 508. The maximum absolute atomic E-state index is 5.14. The lowest BCUT2D eigenvalue weighted by molar-refractivity contribution is 0.391. The average molecular weight is 284 g/mol. The molecule has 0 spiro atoms. The molecule has 0 atom stereocenters. The van der Waals surface area contributed by atoms with Crippen molar-refractivity contribution in [3.63, 3.8) is 0 Å². The van der Waals surface area contributed by atoms with Gasteiger partial charge in [-0.05, 0) is 43.6 Å². The quantitative estimate of drug-likeness (QED) is 0.851. The van der Waals surface area contributed by atoms with Crippen molar-refractivity contribution in [2.75, 3.05) is 0 Å². The van der Waals surface area contributed by atoms with Gasteiger partial charge >= 0.3 is 0 Å². The molecule has 0 saturated carbocycles. The highest BCUT2D eigenvalue weighted by molar-refractivity contribution is 9.10. The molecule has 4 nitrogen and oxygen atoms in total. The Hall–Kier alpha value is -1.10. The Morgan fingerprint density at radius 2 is 1.88 bits per heavy atom. The molecular formula is C11H14BrN3O. The number of aromatic nitrogens is 3. The van der Waals surface area contributed by atoms with Crippen LogP contribution in [0.2, 0.25) is 0 Å². The summed E-state index contributed by atoms with van der Waals surface area (Å²) in [5.74, 6) is 0.862. The summed E-state index contributed by atoms with van der Waals surface area (Å²) >= 11 is 3.52. The summed E-state index contributed by atoms with van der Waals surface area (Å²) < 4.78 is 8.17. The van der Waals surface area contributed by atoms with Crippen LogP contribution in [0.1, 0.15) is 28.4 Å².